The van der Waals surface area contributed by atoms with Gasteiger partial charge in [-0.25, -0.2) is 0 Å². The molecule has 2 N–H and O–H groups in total. The Bertz CT molecular complexity index is 376. The third-order valence-corrected chi connectivity index (χ3v) is 1.81. The minimum absolute atomic E-state index is 0.0658. The molecule has 0 atom stereocenters. The molecule has 0 aliphatic rings. The molecule has 0 fully saturated rings. The van der Waals surface area contributed by atoms with E-state index in [-0.39, 0.29) is 11.7 Å². The van der Waals surface area contributed by atoms with E-state index < -0.39 is 24.4 Å². The van der Waals surface area contributed by atoms with Crippen LogP contribution in [-0.4, -0.2) is 23.5 Å². The summed E-state index contributed by atoms with van der Waals surface area (Å²) in [5.41, 5.74) is -2.03. The number of carbonyl (C=O) groups excluding carboxylic acids is 1. The van der Waals surface area contributed by atoms with E-state index in [4.69, 9.17) is 10.0 Å². The maximum Gasteiger partial charge on any atom is 0.488 e. The van der Waals surface area contributed by atoms with Gasteiger partial charge < -0.3 is 10.0 Å². The summed E-state index contributed by atoms with van der Waals surface area (Å²) in [4.78, 5) is 10.3. The lowest BCUT2D eigenvalue weighted by Gasteiger charge is -2.10. The van der Waals surface area contributed by atoms with Crippen molar-refractivity contribution in [3.05, 3.63) is 29.3 Å². The lowest BCUT2D eigenvalue weighted by Crippen LogP contribution is -2.31. The molecule has 0 unspecified atom stereocenters. The second-order valence-corrected chi connectivity index (χ2v) is 2.84. The molecular weight excluding hydrogens is 212 g/mol. The maximum absolute atomic E-state index is 12.4. The average Bonchev–Trinajstić information content (AvgIpc) is 2.15. The molecule has 0 heterocycles. The Morgan fingerprint density at radius 3 is 2.27 bits per heavy atom. The van der Waals surface area contributed by atoms with Gasteiger partial charge >= 0.3 is 13.3 Å². The van der Waals surface area contributed by atoms with E-state index in [0.717, 1.165) is 12.1 Å². The van der Waals surface area contributed by atoms with Crippen LogP contribution in [-0.2, 0) is 6.18 Å². The summed E-state index contributed by atoms with van der Waals surface area (Å²) in [5.74, 6) is 0. The molecule has 15 heavy (non-hydrogen) atoms. The van der Waals surface area contributed by atoms with Gasteiger partial charge in [0, 0.05) is 5.56 Å². The van der Waals surface area contributed by atoms with E-state index in [2.05, 4.69) is 0 Å². The lowest BCUT2D eigenvalue weighted by molar-refractivity contribution is -0.137. The van der Waals surface area contributed by atoms with Crippen LogP contribution in [0, 0.1) is 0 Å². The molecule has 1 aromatic carbocycles. The highest BCUT2D eigenvalue weighted by Gasteiger charge is 2.34. The molecule has 0 spiro atoms. The van der Waals surface area contributed by atoms with E-state index in [9.17, 15) is 18.0 Å². The molecule has 7 heteroatoms. The molecule has 80 valence electrons. The average molecular weight is 218 g/mol. The smallest absolute Gasteiger partial charge is 0.423 e. The largest absolute Gasteiger partial charge is 0.488 e. The van der Waals surface area contributed by atoms with Gasteiger partial charge in [-0.2, -0.15) is 13.2 Å². The second-order valence-electron chi connectivity index (χ2n) is 2.84. The fourth-order valence-electron chi connectivity index (χ4n) is 1.08. The normalized spacial score (nSPS) is 11.3. The number of benzene rings is 1. The Hall–Kier alpha value is -1.34. The first-order valence-electron chi connectivity index (χ1n) is 3.88. The number of hydrogen-bond donors (Lipinski definition) is 2. The second kappa shape index (κ2) is 4.04. The monoisotopic (exact) mass is 218 g/mol. The van der Waals surface area contributed by atoms with Crippen molar-refractivity contribution in [2.75, 3.05) is 0 Å². The summed E-state index contributed by atoms with van der Waals surface area (Å²) in [6.07, 6.45) is -4.63. The van der Waals surface area contributed by atoms with Crippen LogP contribution in [0.15, 0.2) is 18.2 Å². The van der Waals surface area contributed by atoms with Crippen LogP contribution in [0.1, 0.15) is 15.9 Å². The predicted molar refractivity (Wildman–Crippen MR) is 46.7 cm³/mol. The van der Waals surface area contributed by atoms with Gasteiger partial charge in [0.1, 0.15) is 0 Å². The molecule has 1 rings (SSSR count). The predicted octanol–water partition coefficient (Wildman–Crippen LogP) is 0.198. The first kappa shape index (κ1) is 11.7. The minimum atomic E-state index is -4.69. The van der Waals surface area contributed by atoms with Crippen LogP contribution in [0.5, 0.6) is 0 Å². The summed E-state index contributed by atoms with van der Waals surface area (Å²) in [5, 5.41) is 17.4. The zero-order chi connectivity index (χ0) is 11.6. The molecule has 0 aliphatic heterocycles. The van der Waals surface area contributed by atoms with E-state index >= 15 is 0 Å². The van der Waals surface area contributed by atoms with E-state index in [1.807, 2.05) is 0 Å². The Kier molecular flexibility index (Phi) is 3.16. The topological polar surface area (TPSA) is 57.5 Å². The molecule has 0 aliphatic carbocycles. The lowest BCUT2D eigenvalue weighted by atomic mass is 9.79. The van der Waals surface area contributed by atoms with Gasteiger partial charge in [0.15, 0.2) is 6.29 Å². The van der Waals surface area contributed by atoms with Crippen molar-refractivity contribution in [3.63, 3.8) is 0 Å². The van der Waals surface area contributed by atoms with Crippen LogP contribution < -0.4 is 5.46 Å². The van der Waals surface area contributed by atoms with Crippen molar-refractivity contribution in [1.82, 2.24) is 0 Å². The number of aldehydes is 1. The molecular formula is C8H6BF3O3. The van der Waals surface area contributed by atoms with Crippen molar-refractivity contribution in [2.24, 2.45) is 0 Å². The Balaban J connectivity index is 3.32. The summed E-state index contributed by atoms with van der Waals surface area (Å²) in [7, 11) is -1.99. The first-order valence-corrected chi connectivity index (χ1v) is 3.88. The van der Waals surface area contributed by atoms with E-state index in [0.29, 0.717) is 6.07 Å². The fourth-order valence-corrected chi connectivity index (χ4v) is 1.08. The summed E-state index contributed by atoms with van der Waals surface area (Å²) >= 11 is 0. The van der Waals surface area contributed by atoms with E-state index in [1.165, 1.54) is 0 Å². The molecule has 0 amide bonds. The molecule has 0 bridgehead atoms. The standard InChI is InChI=1S/C8H6BF3O3/c10-8(11,12)7-3-6(9(14)15)2-1-5(7)4-13/h1-4,14-15H. The molecule has 0 radical (unpaired) electrons. The maximum atomic E-state index is 12.4. The van der Waals surface area contributed by atoms with Gasteiger partial charge in [-0.15, -0.1) is 0 Å². The van der Waals surface area contributed by atoms with E-state index in [1.54, 1.807) is 0 Å². The fraction of sp³-hybridized carbons (Fsp3) is 0.125. The molecule has 3 nitrogen and oxygen atoms in total. The van der Waals surface area contributed by atoms with Gasteiger partial charge in [-0.05, 0) is 11.5 Å². The zero-order valence-electron chi connectivity index (χ0n) is 7.32. The number of carbonyl (C=O) groups is 1. The summed E-state index contributed by atoms with van der Waals surface area (Å²) < 4.78 is 37.1. The highest BCUT2D eigenvalue weighted by atomic mass is 19.4. The van der Waals surface area contributed by atoms with Crippen molar-refractivity contribution in [1.29, 1.82) is 0 Å². The summed E-state index contributed by atoms with van der Waals surface area (Å²) in [6, 6.07) is 2.47. The molecule has 0 saturated heterocycles. The van der Waals surface area contributed by atoms with Gasteiger partial charge in [-0.3, -0.25) is 4.79 Å². The van der Waals surface area contributed by atoms with Crippen molar-refractivity contribution in [3.8, 4) is 0 Å². The van der Waals surface area contributed by atoms with Gasteiger partial charge in [0.2, 0.25) is 0 Å². The van der Waals surface area contributed by atoms with Crippen LogP contribution in [0.25, 0.3) is 0 Å². The van der Waals surface area contributed by atoms with Crippen molar-refractivity contribution in [2.45, 2.75) is 6.18 Å². The quantitative estimate of drug-likeness (QED) is 0.550. The first-order chi connectivity index (χ1) is 6.86. The number of hydrogen-bond acceptors (Lipinski definition) is 3. The number of halogens is 3. The highest BCUT2D eigenvalue weighted by molar-refractivity contribution is 6.58. The minimum Gasteiger partial charge on any atom is -0.423 e. The van der Waals surface area contributed by atoms with Gasteiger partial charge in [0.25, 0.3) is 0 Å². The molecule has 0 saturated carbocycles. The third kappa shape index (κ3) is 2.57. The van der Waals surface area contributed by atoms with Crippen LogP contribution in [0.2, 0.25) is 0 Å². The molecule has 1 aromatic rings. The van der Waals surface area contributed by atoms with Crippen molar-refractivity contribution < 1.29 is 28.0 Å². The Morgan fingerprint density at radius 1 is 1.27 bits per heavy atom. The third-order valence-electron chi connectivity index (χ3n) is 1.81. The van der Waals surface area contributed by atoms with Crippen LogP contribution in [0.4, 0.5) is 13.2 Å². The van der Waals surface area contributed by atoms with Gasteiger partial charge in [-0.1, -0.05) is 12.1 Å². The highest BCUT2D eigenvalue weighted by Crippen LogP contribution is 2.30. The SMILES string of the molecule is O=Cc1ccc(B(O)O)cc1C(F)(F)F. The Labute approximate surface area is 83.3 Å². The van der Waals surface area contributed by atoms with Gasteiger partial charge in [0.05, 0.1) is 5.56 Å². The van der Waals surface area contributed by atoms with Crippen LogP contribution >= 0.6 is 0 Å². The zero-order valence-corrected chi connectivity index (χ0v) is 7.32. The number of alkyl halides is 3. The molecule has 0 aromatic heterocycles. The Morgan fingerprint density at radius 2 is 1.87 bits per heavy atom. The number of rotatable bonds is 2. The van der Waals surface area contributed by atoms with Crippen molar-refractivity contribution >= 4 is 18.9 Å². The summed E-state index contributed by atoms with van der Waals surface area (Å²) in [6.45, 7) is 0. The van der Waals surface area contributed by atoms with Crippen LogP contribution in [0.3, 0.4) is 0 Å².